The maximum atomic E-state index is 13.5. The zero-order valence-electron chi connectivity index (χ0n) is 21.8. The lowest BCUT2D eigenvalue weighted by Gasteiger charge is -2.29. The van der Waals surface area contributed by atoms with Crippen LogP contribution in [0.25, 0.3) is 10.9 Å². The number of nitrogens with one attached hydrogen (secondary N) is 1. The minimum absolute atomic E-state index is 0.172. The fourth-order valence-electron chi connectivity index (χ4n) is 5.50. The maximum absolute atomic E-state index is 13.5. The van der Waals surface area contributed by atoms with Crippen molar-refractivity contribution in [2.45, 2.75) is 56.7 Å². The number of benzene rings is 1. The highest BCUT2D eigenvalue weighted by atomic mass is 16.5. The lowest BCUT2D eigenvalue weighted by atomic mass is 10.1. The first-order chi connectivity index (χ1) is 18.2. The molecule has 11 nitrogen and oxygen atoms in total. The Hall–Kier alpha value is -3.89. The van der Waals surface area contributed by atoms with E-state index in [-0.39, 0.29) is 24.9 Å². The normalized spacial score (nSPS) is 27.8. The summed E-state index contributed by atoms with van der Waals surface area (Å²) in [5.41, 5.74) is 0.205. The number of carboxylic acid groups (broad SMARTS) is 1. The van der Waals surface area contributed by atoms with Gasteiger partial charge in [-0.15, -0.1) is 0 Å². The molecule has 2 fully saturated rings. The third-order valence-electron chi connectivity index (χ3n) is 7.83. The highest BCUT2D eigenvalue weighted by molar-refractivity contribution is 5.94. The topological polar surface area (TPSA) is 134 Å². The van der Waals surface area contributed by atoms with Crippen molar-refractivity contribution in [3.8, 4) is 11.6 Å². The molecule has 2 N–H and O–H groups in total. The first-order valence-corrected chi connectivity index (χ1v) is 12.9. The van der Waals surface area contributed by atoms with Crippen molar-refractivity contribution >= 4 is 28.8 Å². The highest BCUT2D eigenvalue weighted by Gasteiger charge is 2.61. The van der Waals surface area contributed by atoms with E-state index < -0.39 is 29.6 Å². The Balaban J connectivity index is 1.42. The number of rotatable bonds is 4. The van der Waals surface area contributed by atoms with E-state index in [1.165, 1.54) is 11.2 Å². The van der Waals surface area contributed by atoms with Gasteiger partial charge in [-0.05, 0) is 44.7 Å². The SMILES string of the molecule is COc1ccc2c(OC3CC4C(=O)NC5(C(=O)O)CC5C=CCCCCN(C)C(=O)N4C3)ncnc2c1C. The lowest BCUT2D eigenvalue weighted by Crippen LogP contribution is -2.54. The Kier molecular flexibility index (Phi) is 6.85. The summed E-state index contributed by atoms with van der Waals surface area (Å²) in [4.78, 5) is 50.8. The van der Waals surface area contributed by atoms with Crippen LogP contribution in [0.4, 0.5) is 4.79 Å². The molecular weight excluding hydrogens is 490 g/mol. The summed E-state index contributed by atoms with van der Waals surface area (Å²) >= 11 is 0. The molecule has 3 amide bonds. The zero-order chi connectivity index (χ0) is 27.0. The van der Waals surface area contributed by atoms with E-state index in [9.17, 15) is 19.5 Å². The van der Waals surface area contributed by atoms with Crippen LogP contribution >= 0.6 is 0 Å². The first kappa shape index (κ1) is 25.7. The minimum Gasteiger partial charge on any atom is -0.496 e. The van der Waals surface area contributed by atoms with Gasteiger partial charge in [0, 0.05) is 31.5 Å². The fraction of sp³-hybridized carbons (Fsp3) is 0.519. The number of fused-ring (bicyclic) bond motifs is 3. The number of nitrogens with zero attached hydrogens (tertiary/aromatic N) is 4. The summed E-state index contributed by atoms with van der Waals surface area (Å²) in [6, 6.07) is 2.50. The van der Waals surface area contributed by atoms with E-state index in [1.54, 1.807) is 19.1 Å². The van der Waals surface area contributed by atoms with Crippen LogP contribution in [-0.4, -0.2) is 87.7 Å². The number of urea groups is 1. The number of hydrogen-bond donors (Lipinski definition) is 2. The van der Waals surface area contributed by atoms with Crippen LogP contribution in [-0.2, 0) is 9.59 Å². The second kappa shape index (κ2) is 10.1. The van der Waals surface area contributed by atoms with Crippen molar-refractivity contribution in [3.05, 3.63) is 36.2 Å². The Labute approximate surface area is 220 Å². The van der Waals surface area contributed by atoms with Gasteiger partial charge in [0.2, 0.25) is 11.8 Å². The minimum atomic E-state index is -1.34. The van der Waals surface area contributed by atoms with Gasteiger partial charge >= 0.3 is 12.0 Å². The molecule has 38 heavy (non-hydrogen) atoms. The standard InChI is InChI=1S/C27H33N5O6/c1-16-21(37-3)10-9-19-22(16)28-15-29-24(19)38-18-12-20-23(33)30-27(25(34)35)13-17(27)8-6-4-5-7-11-31(2)26(36)32(20)14-18/h6,8-10,15,17-18,20H,4-5,7,11-14H2,1-3H3,(H,30,33)(H,34,35). The van der Waals surface area contributed by atoms with Crippen molar-refractivity contribution < 1.29 is 29.0 Å². The third kappa shape index (κ3) is 4.61. The van der Waals surface area contributed by atoms with Gasteiger partial charge in [-0.3, -0.25) is 4.79 Å². The number of aromatic nitrogens is 2. The molecule has 2 aliphatic heterocycles. The third-order valence-corrected chi connectivity index (χ3v) is 7.83. The fourth-order valence-corrected chi connectivity index (χ4v) is 5.50. The van der Waals surface area contributed by atoms with Crippen molar-refractivity contribution in [1.82, 2.24) is 25.1 Å². The van der Waals surface area contributed by atoms with Crippen molar-refractivity contribution in [1.29, 1.82) is 0 Å². The Bertz CT molecular complexity index is 1300. The molecule has 202 valence electrons. The van der Waals surface area contributed by atoms with Crippen LogP contribution in [0.2, 0.25) is 0 Å². The van der Waals surface area contributed by atoms with Gasteiger partial charge in [0.25, 0.3) is 0 Å². The van der Waals surface area contributed by atoms with Gasteiger partial charge < -0.3 is 29.7 Å². The summed E-state index contributed by atoms with van der Waals surface area (Å²) in [6.07, 6.45) is 7.80. The number of methoxy groups -OCH3 is 1. The predicted octanol–water partition coefficient (Wildman–Crippen LogP) is 2.52. The first-order valence-electron chi connectivity index (χ1n) is 12.9. The highest BCUT2D eigenvalue weighted by Crippen LogP contribution is 2.45. The molecule has 11 heteroatoms. The molecule has 0 radical (unpaired) electrons. The molecule has 0 bridgehead atoms. The summed E-state index contributed by atoms with van der Waals surface area (Å²) < 4.78 is 11.7. The van der Waals surface area contributed by atoms with Gasteiger partial charge in [-0.2, -0.15) is 0 Å². The number of ether oxygens (including phenoxy) is 2. The molecule has 4 atom stereocenters. The van der Waals surface area contributed by atoms with Gasteiger partial charge in [-0.25, -0.2) is 19.6 Å². The van der Waals surface area contributed by atoms with Crippen molar-refractivity contribution in [2.24, 2.45) is 5.92 Å². The summed E-state index contributed by atoms with van der Waals surface area (Å²) in [6.45, 7) is 2.63. The molecule has 1 saturated heterocycles. The average Bonchev–Trinajstić information content (AvgIpc) is 3.43. The van der Waals surface area contributed by atoms with E-state index >= 15 is 0 Å². The van der Waals surface area contributed by atoms with E-state index in [2.05, 4.69) is 15.3 Å². The molecule has 1 saturated carbocycles. The molecule has 2 aromatic rings. The Morgan fingerprint density at radius 2 is 2.05 bits per heavy atom. The van der Waals surface area contributed by atoms with Crippen LogP contribution in [0.15, 0.2) is 30.6 Å². The van der Waals surface area contributed by atoms with E-state index in [1.807, 2.05) is 31.2 Å². The van der Waals surface area contributed by atoms with Crippen LogP contribution < -0.4 is 14.8 Å². The molecule has 3 aliphatic rings. The zero-order valence-corrected chi connectivity index (χ0v) is 21.8. The number of aliphatic carboxylic acids is 1. The summed E-state index contributed by atoms with van der Waals surface area (Å²) in [7, 11) is 3.31. The quantitative estimate of drug-likeness (QED) is 0.584. The monoisotopic (exact) mass is 523 g/mol. The number of allylic oxidation sites excluding steroid dienone is 1. The van der Waals surface area contributed by atoms with Gasteiger partial charge in [0.15, 0.2) is 0 Å². The molecule has 5 rings (SSSR count). The number of carbonyl (C=O) groups is 3. The smallest absolute Gasteiger partial charge is 0.330 e. The maximum Gasteiger partial charge on any atom is 0.330 e. The molecule has 1 aromatic heterocycles. The summed E-state index contributed by atoms with van der Waals surface area (Å²) in [5, 5.41) is 13.4. The van der Waals surface area contributed by atoms with Crippen LogP contribution in [0.3, 0.4) is 0 Å². The largest absolute Gasteiger partial charge is 0.496 e. The van der Waals surface area contributed by atoms with Gasteiger partial charge in [0.05, 0.1) is 24.6 Å². The van der Waals surface area contributed by atoms with Crippen molar-refractivity contribution in [3.63, 3.8) is 0 Å². The van der Waals surface area contributed by atoms with E-state index in [4.69, 9.17) is 9.47 Å². The molecule has 4 unspecified atom stereocenters. The van der Waals surface area contributed by atoms with E-state index in [0.29, 0.717) is 35.5 Å². The second-order valence-corrected chi connectivity index (χ2v) is 10.3. The molecular formula is C27H33N5O6. The van der Waals surface area contributed by atoms with Gasteiger partial charge in [-0.1, -0.05) is 12.2 Å². The Morgan fingerprint density at radius 3 is 2.82 bits per heavy atom. The predicted molar refractivity (Wildman–Crippen MR) is 138 cm³/mol. The molecule has 0 spiro atoms. The number of amides is 3. The number of hydrogen-bond acceptors (Lipinski definition) is 7. The molecule has 1 aliphatic carbocycles. The summed E-state index contributed by atoms with van der Waals surface area (Å²) in [5.74, 6) is -0.760. The number of carboxylic acids is 1. The van der Waals surface area contributed by atoms with Crippen molar-refractivity contribution in [2.75, 3.05) is 27.2 Å². The number of aryl methyl sites for hydroxylation is 1. The van der Waals surface area contributed by atoms with Crippen LogP contribution in [0.1, 0.15) is 37.7 Å². The molecule has 1 aromatic carbocycles. The van der Waals surface area contributed by atoms with Gasteiger partial charge in [0.1, 0.15) is 29.8 Å². The Morgan fingerprint density at radius 1 is 1.24 bits per heavy atom. The van der Waals surface area contributed by atoms with Crippen LogP contribution in [0, 0.1) is 12.8 Å². The second-order valence-electron chi connectivity index (χ2n) is 10.3. The van der Waals surface area contributed by atoms with E-state index in [0.717, 1.165) is 24.8 Å². The number of carbonyl (C=O) groups excluding carboxylic acids is 2. The molecule has 3 heterocycles. The average molecular weight is 524 g/mol. The lowest BCUT2D eigenvalue weighted by molar-refractivity contribution is -0.144. The van der Waals surface area contributed by atoms with Crippen LogP contribution in [0.5, 0.6) is 11.6 Å².